The van der Waals surface area contributed by atoms with E-state index in [-0.39, 0.29) is 73.3 Å². The highest BCUT2D eigenvalue weighted by Crippen LogP contribution is 2.30. The number of likely N-dealkylation sites (tertiary alicyclic amines) is 1. The van der Waals surface area contributed by atoms with E-state index in [4.69, 9.17) is 14.2 Å². The summed E-state index contributed by atoms with van der Waals surface area (Å²) in [5.41, 5.74) is 0.209. The number of rotatable bonds is 30. The van der Waals surface area contributed by atoms with E-state index in [0.717, 1.165) is 5.56 Å². The number of nitrogens with one attached hydrogen (secondary N) is 4. The van der Waals surface area contributed by atoms with Gasteiger partial charge in [-0.15, -0.1) is 0 Å². The molecule has 5 amide bonds. The number of benzene rings is 1. The van der Waals surface area contributed by atoms with E-state index in [9.17, 15) is 28.8 Å². The van der Waals surface area contributed by atoms with Gasteiger partial charge >= 0.3 is 5.97 Å². The average molecular weight is 1070 g/mol. The lowest BCUT2D eigenvalue weighted by Gasteiger charge is -2.41. The van der Waals surface area contributed by atoms with Crippen molar-refractivity contribution in [3.63, 3.8) is 0 Å². The lowest BCUT2D eigenvalue weighted by molar-refractivity contribution is -0.154. The van der Waals surface area contributed by atoms with Gasteiger partial charge in [-0.3, -0.25) is 33.7 Å². The number of halogens is 1. The van der Waals surface area contributed by atoms with Crippen molar-refractivity contribution in [3.05, 3.63) is 35.9 Å². The van der Waals surface area contributed by atoms with Gasteiger partial charge in [0.05, 0.1) is 58.7 Å². The van der Waals surface area contributed by atoms with Gasteiger partial charge in [-0.25, -0.2) is 0 Å². The molecule has 10 atom stereocenters. The van der Waals surface area contributed by atoms with Gasteiger partial charge in [0.1, 0.15) is 12.1 Å². The van der Waals surface area contributed by atoms with Crippen molar-refractivity contribution >= 4 is 58.1 Å². The minimum Gasteiger partial charge on any atom is -0.465 e. The van der Waals surface area contributed by atoms with Crippen LogP contribution >= 0.6 is 22.6 Å². The summed E-state index contributed by atoms with van der Waals surface area (Å²) in [7, 11) is 8.51. The standard InChI is InChI=1S/C51H88IN7O9/c1-16-34(6)44(58(13)49(64)42(32(2)3)56-48(63)43(33(4)5)57(11)12)40(66-14)31-41(60)59-28-20-24-39(59)45(67-15)35(7)46(61)55-38(30-37-22-18-17-19-23-37)47(62)54-26-21-29-68-50(65)51(9,10)25-27-53-36(8)52/h17-19,22-23,32-36,38-40,42-45,53H,16,20-21,24-31H2,1-15H3,(H,54,62)(H,55,61)(H,56,63)/t34-,35+,36?,38-,39-,40+,42-,43-,44-,45+/m0/s1. The quantitative estimate of drug-likeness (QED) is 0.0261. The van der Waals surface area contributed by atoms with Crippen LogP contribution in [0.3, 0.4) is 0 Å². The number of methoxy groups -OCH3 is 2. The molecule has 17 heteroatoms. The molecule has 1 fully saturated rings. The Morgan fingerprint density at radius 3 is 2.06 bits per heavy atom. The molecule has 0 spiro atoms. The molecule has 1 unspecified atom stereocenters. The van der Waals surface area contributed by atoms with Crippen molar-refractivity contribution in [2.24, 2.45) is 29.1 Å². The lowest BCUT2D eigenvalue weighted by atomic mass is 9.89. The molecule has 4 N–H and O–H groups in total. The van der Waals surface area contributed by atoms with Crippen LogP contribution in [0.5, 0.6) is 0 Å². The van der Waals surface area contributed by atoms with E-state index >= 15 is 0 Å². The molecule has 1 aliphatic heterocycles. The van der Waals surface area contributed by atoms with Gasteiger partial charge in [0.15, 0.2) is 0 Å². The summed E-state index contributed by atoms with van der Waals surface area (Å²) in [4.78, 5) is 88.3. The van der Waals surface area contributed by atoms with E-state index in [1.165, 1.54) is 7.11 Å². The van der Waals surface area contributed by atoms with Gasteiger partial charge in [-0.1, -0.05) is 108 Å². The Morgan fingerprint density at radius 1 is 0.868 bits per heavy atom. The van der Waals surface area contributed by atoms with Crippen LogP contribution in [0.1, 0.15) is 113 Å². The number of amides is 5. The Hall–Kier alpha value is -3.39. The molecule has 0 aromatic heterocycles. The highest BCUT2D eigenvalue weighted by Gasteiger charge is 2.43. The normalized spacial score (nSPS) is 18.2. The minimum atomic E-state index is -0.909. The summed E-state index contributed by atoms with van der Waals surface area (Å²) in [5, 5.41) is 12.3. The molecule has 0 radical (unpaired) electrons. The van der Waals surface area contributed by atoms with Crippen molar-refractivity contribution in [2.45, 2.75) is 161 Å². The maximum atomic E-state index is 14.4. The molecule has 1 saturated heterocycles. The molecule has 1 heterocycles. The second-order valence-electron chi connectivity index (χ2n) is 20.2. The minimum absolute atomic E-state index is 0.0167. The molecule has 2 rings (SSSR count). The first-order chi connectivity index (χ1) is 31.9. The lowest BCUT2D eigenvalue weighted by Crippen LogP contribution is -2.59. The van der Waals surface area contributed by atoms with Crippen LogP contribution in [-0.4, -0.2) is 158 Å². The Bertz CT molecular complexity index is 1720. The molecule has 1 aromatic carbocycles. The largest absolute Gasteiger partial charge is 0.465 e. The number of nitrogens with zero attached hydrogens (tertiary/aromatic N) is 3. The predicted octanol–water partition coefficient (Wildman–Crippen LogP) is 5.20. The van der Waals surface area contributed by atoms with Crippen LogP contribution in [0, 0.1) is 29.1 Å². The third-order valence-electron chi connectivity index (χ3n) is 13.4. The van der Waals surface area contributed by atoms with E-state index in [0.29, 0.717) is 49.2 Å². The van der Waals surface area contributed by atoms with Crippen LogP contribution in [0.2, 0.25) is 0 Å². The highest BCUT2D eigenvalue weighted by atomic mass is 127. The van der Waals surface area contributed by atoms with E-state index in [2.05, 4.69) is 43.9 Å². The highest BCUT2D eigenvalue weighted by molar-refractivity contribution is 14.1. The summed E-state index contributed by atoms with van der Waals surface area (Å²) >= 11 is 2.28. The van der Waals surface area contributed by atoms with E-state index in [1.807, 2.05) is 112 Å². The Labute approximate surface area is 422 Å². The summed E-state index contributed by atoms with van der Waals surface area (Å²) in [5.74, 6) is -2.68. The fourth-order valence-corrected chi connectivity index (χ4v) is 9.54. The monoisotopic (exact) mass is 1070 g/mol. The summed E-state index contributed by atoms with van der Waals surface area (Å²) in [6, 6.07) is 6.40. The van der Waals surface area contributed by atoms with Gasteiger partial charge in [-0.2, -0.15) is 0 Å². The number of alkyl halides is 1. The molecule has 68 heavy (non-hydrogen) atoms. The predicted molar refractivity (Wildman–Crippen MR) is 276 cm³/mol. The average Bonchev–Trinajstić information content (AvgIpc) is 3.76. The van der Waals surface area contributed by atoms with E-state index in [1.54, 1.807) is 30.9 Å². The van der Waals surface area contributed by atoms with Crippen molar-refractivity contribution in [2.75, 3.05) is 61.6 Å². The van der Waals surface area contributed by atoms with Crippen molar-refractivity contribution < 1.29 is 43.0 Å². The summed E-state index contributed by atoms with van der Waals surface area (Å²) in [6.45, 7) is 20.9. The smallest absolute Gasteiger partial charge is 0.311 e. The van der Waals surface area contributed by atoms with Crippen molar-refractivity contribution in [1.82, 2.24) is 36.0 Å². The van der Waals surface area contributed by atoms with Gasteiger partial charge in [0.25, 0.3) is 0 Å². The number of ether oxygens (including phenoxy) is 3. The number of esters is 1. The first-order valence-electron chi connectivity index (χ1n) is 24.7. The zero-order valence-corrected chi connectivity index (χ0v) is 46.1. The molecule has 0 bridgehead atoms. The summed E-state index contributed by atoms with van der Waals surface area (Å²) in [6.07, 6.45) is 1.92. The molecule has 0 saturated carbocycles. The zero-order chi connectivity index (χ0) is 51.5. The van der Waals surface area contributed by atoms with Gasteiger partial charge in [0.2, 0.25) is 29.5 Å². The third-order valence-corrected chi connectivity index (χ3v) is 13.9. The van der Waals surface area contributed by atoms with Gasteiger partial charge in [-0.05, 0) is 90.4 Å². The fraction of sp³-hybridized carbons (Fsp3) is 0.765. The van der Waals surface area contributed by atoms with Crippen LogP contribution in [0.25, 0.3) is 0 Å². The number of likely N-dealkylation sites (N-methyl/N-ethyl adjacent to an activating group) is 2. The number of hydrogen-bond acceptors (Lipinski definition) is 11. The molecule has 1 aliphatic rings. The Balaban J connectivity index is 2.22. The van der Waals surface area contributed by atoms with E-state index < -0.39 is 59.7 Å². The van der Waals surface area contributed by atoms with Crippen molar-refractivity contribution in [3.8, 4) is 0 Å². The SMILES string of the molecule is CC[C@H](C)[C@@H]([C@@H](CC(=O)N1CCC[C@H]1[C@H](OC)[C@@H](C)C(=O)N[C@@H](Cc1ccccc1)C(=O)NCCCOC(=O)C(C)(C)CCNC(C)I)OC)N(C)C(=O)[C@@H](NC(=O)[C@H](C(C)C)N(C)C)C(C)C. The first kappa shape index (κ1) is 60.7. The van der Waals surface area contributed by atoms with Gasteiger partial charge in [0, 0.05) is 40.8 Å². The van der Waals surface area contributed by atoms with Crippen LogP contribution in [-0.2, 0) is 49.4 Å². The molecular formula is C51H88IN7O9. The number of carbonyl (C=O) groups excluding carboxylic acids is 6. The molecular weight excluding hydrogens is 982 g/mol. The summed E-state index contributed by atoms with van der Waals surface area (Å²) < 4.78 is 18.0. The van der Waals surface area contributed by atoms with Crippen LogP contribution in [0.4, 0.5) is 0 Å². The molecule has 16 nitrogen and oxygen atoms in total. The molecule has 1 aromatic rings. The Kier molecular flexibility index (Phi) is 26.5. The molecule has 0 aliphatic carbocycles. The Morgan fingerprint density at radius 2 is 1.51 bits per heavy atom. The second kappa shape index (κ2) is 29.7. The third kappa shape index (κ3) is 18.4. The van der Waals surface area contributed by atoms with Crippen LogP contribution in [0.15, 0.2) is 30.3 Å². The van der Waals surface area contributed by atoms with Gasteiger partial charge < -0.3 is 45.3 Å². The maximum Gasteiger partial charge on any atom is 0.311 e. The number of hydrogen-bond donors (Lipinski definition) is 4. The maximum absolute atomic E-state index is 14.4. The van der Waals surface area contributed by atoms with Crippen molar-refractivity contribution in [1.29, 1.82) is 0 Å². The fourth-order valence-electron chi connectivity index (χ4n) is 9.23. The second-order valence-corrected chi connectivity index (χ2v) is 22.1. The zero-order valence-electron chi connectivity index (χ0n) is 44.0. The molecule has 388 valence electrons. The topological polar surface area (TPSA) is 188 Å². The van der Waals surface area contributed by atoms with Crippen LogP contribution < -0.4 is 21.3 Å². The number of carbonyl (C=O) groups is 6. The first-order valence-corrected chi connectivity index (χ1v) is 25.9.